The van der Waals surface area contributed by atoms with Crippen LogP contribution in [0.4, 0.5) is 5.69 Å². The number of nitrogens with one attached hydrogen (secondary N) is 1. The Labute approximate surface area is 218 Å². The maximum Gasteiger partial charge on any atom is 0.275 e. The van der Waals surface area contributed by atoms with E-state index in [-0.39, 0.29) is 16.4 Å². The number of hydrogen-bond acceptors (Lipinski definition) is 8. The van der Waals surface area contributed by atoms with Crippen molar-refractivity contribution in [2.45, 2.75) is 25.3 Å². The molecule has 2 aromatic heterocycles. The second kappa shape index (κ2) is 10.1. The first-order chi connectivity index (χ1) is 17.7. The van der Waals surface area contributed by atoms with Crippen molar-refractivity contribution in [1.82, 2.24) is 23.8 Å². The Hall–Kier alpha value is -3.45. The largest absolute Gasteiger partial charge is 0.326 e. The molecule has 0 radical (unpaired) electrons. The van der Waals surface area contributed by atoms with E-state index >= 15 is 0 Å². The van der Waals surface area contributed by atoms with Gasteiger partial charge in [-0.25, -0.2) is 13.4 Å². The average Bonchev–Trinajstić information content (AvgIpc) is 3.29. The molecule has 192 valence electrons. The summed E-state index contributed by atoms with van der Waals surface area (Å²) in [6.45, 7) is 5.54. The average molecular weight is 539 g/mol. The van der Waals surface area contributed by atoms with E-state index in [0.29, 0.717) is 49.1 Å². The van der Waals surface area contributed by atoms with Gasteiger partial charge >= 0.3 is 0 Å². The summed E-state index contributed by atoms with van der Waals surface area (Å²) in [6, 6.07) is 15.6. The van der Waals surface area contributed by atoms with Crippen LogP contribution in [0, 0.1) is 6.92 Å². The monoisotopic (exact) mass is 538 g/mol. The summed E-state index contributed by atoms with van der Waals surface area (Å²) in [4.78, 5) is 31.4. The number of aryl methyl sites for hydroxylation is 1. The summed E-state index contributed by atoms with van der Waals surface area (Å²) in [5.74, 6) is -0.217. The number of hydrogen-bond donors (Lipinski definition) is 1. The molecule has 1 amide bonds. The van der Waals surface area contributed by atoms with Gasteiger partial charge in [0.2, 0.25) is 20.9 Å². The van der Waals surface area contributed by atoms with Gasteiger partial charge in [0, 0.05) is 57.0 Å². The van der Waals surface area contributed by atoms with Crippen LogP contribution in [-0.4, -0.2) is 64.3 Å². The Bertz CT molecular complexity index is 1620. The highest BCUT2D eigenvalue weighted by Gasteiger charge is 2.28. The van der Waals surface area contributed by atoms with Crippen molar-refractivity contribution >= 4 is 37.9 Å². The lowest BCUT2D eigenvalue weighted by Gasteiger charge is -2.33. The molecule has 0 bridgehead atoms. The van der Waals surface area contributed by atoms with Crippen LogP contribution in [0.2, 0.25) is 0 Å². The molecule has 0 spiro atoms. The number of fused-ring (bicyclic) bond motifs is 1. The number of rotatable bonds is 6. The fraction of sp³-hybridized carbons (Fsp3) is 0.280. The lowest BCUT2D eigenvalue weighted by molar-refractivity contribution is -0.114. The topological polar surface area (TPSA) is 117 Å². The molecule has 0 unspecified atom stereocenters. The molecular weight excluding hydrogens is 512 g/mol. The number of piperazine rings is 1. The molecule has 4 aromatic rings. The summed E-state index contributed by atoms with van der Waals surface area (Å²) in [5.41, 5.74) is 3.00. The van der Waals surface area contributed by atoms with E-state index in [1.165, 1.54) is 45.3 Å². The summed E-state index contributed by atoms with van der Waals surface area (Å²) in [6.07, 6.45) is 0. The van der Waals surface area contributed by atoms with Gasteiger partial charge < -0.3 is 5.32 Å². The molecular formula is C25H26N6O4S2. The third-order valence-corrected chi connectivity index (χ3v) is 8.96. The fourth-order valence-electron chi connectivity index (χ4n) is 4.25. The molecule has 1 N–H and O–H groups in total. The zero-order chi connectivity index (χ0) is 26.2. The zero-order valence-electron chi connectivity index (χ0n) is 20.4. The van der Waals surface area contributed by atoms with Gasteiger partial charge in [0.05, 0.1) is 10.6 Å². The van der Waals surface area contributed by atoms with E-state index in [4.69, 9.17) is 0 Å². The zero-order valence-corrected chi connectivity index (χ0v) is 22.1. The number of nitrogens with zero attached hydrogens (tertiary/aromatic N) is 5. The number of anilines is 1. The standard InChI is InChI=1S/C25H26N6O4S2/c1-17-4-3-5-19(14-17)24-28-31-23(33)15-21(27-25(31)36-24)16-29-10-12-30(13-11-29)37(34,35)22-8-6-20(7-9-22)26-18(2)32/h3-9,14-15H,10-13,16H2,1-2H3,(H,26,32). The van der Waals surface area contributed by atoms with Gasteiger partial charge in [-0.15, -0.1) is 0 Å². The van der Waals surface area contributed by atoms with Crippen LogP contribution >= 0.6 is 11.3 Å². The molecule has 5 rings (SSSR count). The maximum atomic E-state index is 13.1. The minimum atomic E-state index is -3.65. The molecule has 1 saturated heterocycles. The highest BCUT2D eigenvalue weighted by molar-refractivity contribution is 7.89. The first-order valence-corrected chi connectivity index (χ1v) is 14.0. The molecule has 37 heavy (non-hydrogen) atoms. The van der Waals surface area contributed by atoms with E-state index in [0.717, 1.165) is 16.1 Å². The first-order valence-electron chi connectivity index (χ1n) is 11.8. The van der Waals surface area contributed by atoms with Crippen LogP contribution in [0.15, 0.2) is 64.3 Å². The predicted molar refractivity (Wildman–Crippen MR) is 142 cm³/mol. The van der Waals surface area contributed by atoms with E-state index in [2.05, 4.69) is 20.3 Å². The fourth-order valence-corrected chi connectivity index (χ4v) is 6.59. The Morgan fingerprint density at radius 2 is 1.78 bits per heavy atom. The Morgan fingerprint density at radius 3 is 2.46 bits per heavy atom. The Morgan fingerprint density at radius 1 is 1.05 bits per heavy atom. The SMILES string of the molecule is CC(=O)Nc1ccc(S(=O)(=O)N2CCN(Cc3cc(=O)n4nc(-c5cccc(C)c5)sc4n3)CC2)cc1. The predicted octanol–water partition coefficient (Wildman–Crippen LogP) is 2.59. The molecule has 0 atom stereocenters. The van der Waals surface area contributed by atoms with Gasteiger partial charge in [-0.2, -0.15) is 13.9 Å². The minimum absolute atomic E-state index is 0.185. The Balaban J connectivity index is 1.26. The third kappa shape index (κ3) is 5.47. The molecule has 1 aliphatic heterocycles. The number of aromatic nitrogens is 3. The van der Waals surface area contributed by atoms with E-state index in [1.807, 2.05) is 31.2 Å². The smallest absolute Gasteiger partial charge is 0.275 e. The number of carbonyl (C=O) groups excluding carboxylic acids is 1. The van der Waals surface area contributed by atoms with Crippen LogP contribution < -0.4 is 10.9 Å². The highest BCUT2D eigenvalue weighted by atomic mass is 32.2. The van der Waals surface area contributed by atoms with Crippen LogP contribution in [-0.2, 0) is 21.4 Å². The van der Waals surface area contributed by atoms with Crippen LogP contribution in [0.5, 0.6) is 0 Å². The van der Waals surface area contributed by atoms with Gasteiger partial charge in [-0.1, -0.05) is 35.1 Å². The quantitative estimate of drug-likeness (QED) is 0.401. The summed E-state index contributed by atoms with van der Waals surface area (Å²) in [7, 11) is -3.65. The van der Waals surface area contributed by atoms with Crippen LogP contribution in [0.1, 0.15) is 18.2 Å². The van der Waals surface area contributed by atoms with Gasteiger partial charge in [-0.3, -0.25) is 14.5 Å². The van der Waals surface area contributed by atoms with Crippen molar-refractivity contribution < 1.29 is 13.2 Å². The van der Waals surface area contributed by atoms with Crippen molar-refractivity contribution in [3.8, 4) is 10.6 Å². The van der Waals surface area contributed by atoms with Crippen molar-refractivity contribution in [2.75, 3.05) is 31.5 Å². The lowest BCUT2D eigenvalue weighted by atomic mass is 10.1. The highest BCUT2D eigenvalue weighted by Crippen LogP contribution is 2.25. The Kier molecular flexibility index (Phi) is 6.90. The second-order valence-electron chi connectivity index (χ2n) is 8.94. The maximum absolute atomic E-state index is 13.1. The number of benzene rings is 2. The van der Waals surface area contributed by atoms with Crippen LogP contribution in [0.25, 0.3) is 15.5 Å². The number of amides is 1. The van der Waals surface area contributed by atoms with E-state index in [9.17, 15) is 18.0 Å². The minimum Gasteiger partial charge on any atom is -0.326 e. The van der Waals surface area contributed by atoms with E-state index in [1.54, 1.807) is 12.1 Å². The summed E-state index contributed by atoms with van der Waals surface area (Å²) < 4.78 is 28.9. The molecule has 3 heterocycles. The van der Waals surface area contributed by atoms with E-state index < -0.39 is 10.0 Å². The van der Waals surface area contributed by atoms with Gasteiger partial charge in [0.15, 0.2) is 0 Å². The normalized spacial score (nSPS) is 15.2. The van der Waals surface area contributed by atoms with Gasteiger partial charge in [0.1, 0.15) is 5.01 Å². The molecule has 1 fully saturated rings. The van der Waals surface area contributed by atoms with Gasteiger partial charge in [0.25, 0.3) is 5.56 Å². The molecule has 12 heteroatoms. The molecule has 0 aliphatic carbocycles. The summed E-state index contributed by atoms with van der Waals surface area (Å²) in [5, 5.41) is 7.81. The van der Waals surface area contributed by atoms with Gasteiger partial charge in [-0.05, 0) is 37.3 Å². The lowest BCUT2D eigenvalue weighted by Crippen LogP contribution is -2.48. The van der Waals surface area contributed by atoms with Crippen LogP contribution in [0.3, 0.4) is 0 Å². The summed E-state index contributed by atoms with van der Waals surface area (Å²) >= 11 is 1.37. The van der Waals surface area contributed by atoms with Crippen molar-refractivity contribution in [3.63, 3.8) is 0 Å². The van der Waals surface area contributed by atoms with Crippen molar-refractivity contribution in [2.24, 2.45) is 0 Å². The van der Waals surface area contributed by atoms with Crippen molar-refractivity contribution in [3.05, 3.63) is 76.2 Å². The molecule has 0 saturated carbocycles. The number of carbonyl (C=O) groups is 1. The van der Waals surface area contributed by atoms with Crippen molar-refractivity contribution in [1.29, 1.82) is 0 Å². The molecule has 2 aromatic carbocycles. The second-order valence-corrected chi connectivity index (χ2v) is 11.8. The third-order valence-electron chi connectivity index (χ3n) is 6.09. The first kappa shape index (κ1) is 25.2. The number of sulfonamides is 1. The molecule has 1 aliphatic rings. The molecule has 10 nitrogen and oxygen atoms in total.